The van der Waals surface area contributed by atoms with Crippen LogP contribution >= 0.6 is 0 Å². The number of nitrogens with one attached hydrogen (secondary N) is 1. The quantitative estimate of drug-likeness (QED) is 0.917. The fourth-order valence-corrected chi connectivity index (χ4v) is 1.72. The molecular formula is C14H17N3O2. The second-order valence-electron chi connectivity index (χ2n) is 4.18. The Hall–Kier alpha value is -2.30. The smallest absolute Gasteiger partial charge is 0.259 e. The van der Waals surface area contributed by atoms with Gasteiger partial charge in [0.15, 0.2) is 0 Å². The first-order valence-corrected chi connectivity index (χ1v) is 6.14. The molecule has 0 saturated carbocycles. The summed E-state index contributed by atoms with van der Waals surface area (Å²) < 4.78 is 7.02. The summed E-state index contributed by atoms with van der Waals surface area (Å²) >= 11 is 0. The van der Waals surface area contributed by atoms with Gasteiger partial charge in [0.25, 0.3) is 5.91 Å². The van der Waals surface area contributed by atoms with Crippen molar-refractivity contribution in [2.24, 2.45) is 7.05 Å². The third kappa shape index (κ3) is 2.93. The lowest BCUT2D eigenvalue weighted by Gasteiger charge is -2.06. The minimum atomic E-state index is -0.158. The zero-order valence-corrected chi connectivity index (χ0v) is 11.3. The summed E-state index contributed by atoms with van der Waals surface area (Å²) in [4.78, 5) is 12.1. The van der Waals surface area contributed by atoms with Gasteiger partial charge in [0.1, 0.15) is 5.75 Å². The largest absolute Gasteiger partial charge is 0.494 e. The lowest BCUT2D eigenvalue weighted by molar-refractivity contribution is 0.102. The van der Waals surface area contributed by atoms with Gasteiger partial charge in [-0.2, -0.15) is 5.10 Å². The van der Waals surface area contributed by atoms with Gasteiger partial charge in [0.05, 0.1) is 18.4 Å². The average Bonchev–Trinajstić information content (AvgIpc) is 2.73. The summed E-state index contributed by atoms with van der Waals surface area (Å²) in [7, 11) is 1.81. The van der Waals surface area contributed by atoms with Gasteiger partial charge in [-0.05, 0) is 38.1 Å². The molecule has 19 heavy (non-hydrogen) atoms. The van der Waals surface area contributed by atoms with Gasteiger partial charge in [-0.1, -0.05) is 0 Å². The molecule has 0 bridgehead atoms. The van der Waals surface area contributed by atoms with Gasteiger partial charge in [0, 0.05) is 18.4 Å². The molecule has 0 aliphatic rings. The standard InChI is InChI=1S/C14H17N3O2/c1-4-19-12-7-5-11(6-8-12)16-14(18)13-9-15-17(3)10(13)2/h5-9H,4H2,1-3H3,(H,16,18). The molecule has 0 aliphatic heterocycles. The molecular weight excluding hydrogens is 242 g/mol. The van der Waals surface area contributed by atoms with Crippen LogP contribution in [0.3, 0.4) is 0 Å². The van der Waals surface area contributed by atoms with Crippen LogP contribution in [-0.2, 0) is 7.05 Å². The highest BCUT2D eigenvalue weighted by molar-refractivity contribution is 6.04. The molecule has 0 fully saturated rings. The molecule has 0 spiro atoms. The van der Waals surface area contributed by atoms with E-state index >= 15 is 0 Å². The van der Waals surface area contributed by atoms with Crippen LogP contribution in [0.2, 0.25) is 0 Å². The third-order valence-corrected chi connectivity index (χ3v) is 2.90. The predicted octanol–water partition coefficient (Wildman–Crippen LogP) is 2.38. The molecule has 0 saturated heterocycles. The molecule has 1 aromatic heterocycles. The van der Waals surface area contributed by atoms with E-state index in [1.54, 1.807) is 10.9 Å². The van der Waals surface area contributed by atoms with E-state index in [1.807, 2.05) is 45.2 Å². The Labute approximate surface area is 112 Å². The van der Waals surface area contributed by atoms with E-state index in [9.17, 15) is 4.79 Å². The van der Waals surface area contributed by atoms with E-state index < -0.39 is 0 Å². The topological polar surface area (TPSA) is 56.1 Å². The highest BCUT2D eigenvalue weighted by Gasteiger charge is 2.12. The second-order valence-corrected chi connectivity index (χ2v) is 4.18. The Bertz CT molecular complexity index is 573. The zero-order valence-electron chi connectivity index (χ0n) is 11.3. The zero-order chi connectivity index (χ0) is 13.8. The van der Waals surface area contributed by atoms with Gasteiger partial charge < -0.3 is 10.1 Å². The molecule has 100 valence electrons. The first kappa shape index (κ1) is 13.1. The predicted molar refractivity (Wildman–Crippen MR) is 73.5 cm³/mol. The monoisotopic (exact) mass is 259 g/mol. The number of aryl methyl sites for hydroxylation is 1. The minimum absolute atomic E-state index is 0.158. The van der Waals surface area contributed by atoms with E-state index in [-0.39, 0.29) is 5.91 Å². The summed E-state index contributed by atoms with van der Waals surface area (Å²) in [6.07, 6.45) is 1.57. The molecule has 0 unspecified atom stereocenters. The number of carbonyl (C=O) groups excluding carboxylic acids is 1. The van der Waals surface area contributed by atoms with Crippen LogP contribution in [0.4, 0.5) is 5.69 Å². The van der Waals surface area contributed by atoms with Crippen LogP contribution in [0.1, 0.15) is 23.0 Å². The van der Waals surface area contributed by atoms with Gasteiger partial charge in [-0.3, -0.25) is 9.48 Å². The van der Waals surface area contributed by atoms with Crippen LogP contribution in [0, 0.1) is 6.92 Å². The van der Waals surface area contributed by atoms with Crippen molar-refractivity contribution in [1.29, 1.82) is 0 Å². The maximum Gasteiger partial charge on any atom is 0.259 e. The molecule has 5 nitrogen and oxygen atoms in total. The second kappa shape index (κ2) is 5.56. The summed E-state index contributed by atoms with van der Waals surface area (Å²) in [6.45, 7) is 4.42. The summed E-state index contributed by atoms with van der Waals surface area (Å²) in [5.41, 5.74) is 2.15. The van der Waals surface area contributed by atoms with E-state index in [0.717, 1.165) is 17.1 Å². The average molecular weight is 259 g/mol. The fourth-order valence-electron chi connectivity index (χ4n) is 1.72. The summed E-state index contributed by atoms with van der Waals surface area (Å²) in [6, 6.07) is 7.29. The first-order chi connectivity index (χ1) is 9.11. The number of carbonyl (C=O) groups is 1. The number of anilines is 1. The Kier molecular flexibility index (Phi) is 3.85. The van der Waals surface area contributed by atoms with E-state index in [0.29, 0.717) is 12.2 Å². The highest BCUT2D eigenvalue weighted by atomic mass is 16.5. The molecule has 0 aliphatic carbocycles. The van der Waals surface area contributed by atoms with E-state index in [4.69, 9.17) is 4.74 Å². The summed E-state index contributed by atoms with van der Waals surface area (Å²) in [5.74, 6) is 0.632. The minimum Gasteiger partial charge on any atom is -0.494 e. The van der Waals surface area contributed by atoms with Gasteiger partial charge in [-0.15, -0.1) is 0 Å². The number of hydrogen-bond donors (Lipinski definition) is 1. The van der Waals surface area contributed by atoms with Crippen molar-refractivity contribution in [3.05, 3.63) is 41.7 Å². The molecule has 1 aromatic carbocycles. The Morgan fingerprint density at radius 3 is 2.58 bits per heavy atom. The number of ether oxygens (including phenoxy) is 1. The van der Waals surface area contributed by atoms with Crippen molar-refractivity contribution in [3.63, 3.8) is 0 Å². The molecule has 1 heterocycles. The van der Waals surface area contributed by atoms with Crippen LogP contribution in [-0.4, -0.2) is 22.3 Å². The fraction of sp³-hybridized carbons (Fsp3) is 0.286. The van der Waals surface area contributed by atoms with Crippen LogP contribution in [0.15, 0.2) is 30.5 Å². The lowest BCUT2D eigenvalue weighted by Crippen LogP contribution is -2.12. The van der Waals surface area contributed by atoms with Crippen molar-refractivity contribution in [1.82, 2.24) is 9.78 Å². The lowest BCUT2D eigenvalue weighted by atomic mass is 10.2. The molecule has 5 heteroatoms. The van der Waals surface area contributed by atoms with Gasteiger partial charge in [-0.25, -0.2) is 0 Å². The molecule has 0 atom stereocenters. The van der Waals surface area contributed by atoms with E-state index in [1.165, 1.54) is 0 Å². The third-order valence-electron chi connectivity index (χ3n) is 2.90. The number of nitrogens with zero attached hydrogens (tertiary/aromatic N) is 2. The summed E-state index contributed by atoms with van der Waals surface area (Å²) in [5, 5.41) is 6.89. The number of aromatic nitrogens is 2. The van der Waals surface area contributed by atoms with E-state index in [2.05, 4.69) is 10.4 Å². The van der Waals surface area contributed by atoms with Crippen molar-refractivity contribution < 1.29 is 9.53 Å². The Morgan fingerprint density at radius 1 is 1.37 bits per heavy atom. The van der Waals surface area contributed by atoms with Crippen LogP contribution in [0.5, 0.6) is 5.75 Å². The normalized spacial score (nSPS) is 10.3. The Morgan fingerprint density at radius 2 is 2.05 bits per heavy atom. The van der Waals surface area contributed by atoms with Crippen LogP contribution < -0.4 is 10.1 Å². The molecule has 1 N–H and O–H groups in total. The van der Waals surface area contributed by atoms with Gasteiger partial charge in [0.2, 0.25) is 0 Å². The SMILES string of the molecule is CCOc1ccc(NC(=O)c2cnn(C)c2C)cc1. The van der Waals surface area contributed by atoms with Crippen molar-refractivity contribution in [3.8, 4) is 5.75 Å². The maximum atomic E-state index is 12.1. The van der Waals surface area contributed by atoms with Crippen molar-refractivity contribution >= 4 is 11.6 Å². The molecule has 1 amide bonds. The molecule has 2 rings (SSSR count). The molecule has 2 aromatic rings. The number of hydrogen-bond acceptors (Lipinski definition) is 3. The maximum absolute atomic E-state index is 12.1. The van der Waals surface area contributed by atoms with Gasteiger partial charge >= 0.3 is 0 Å². The number of rotatable bonds is 4. The number of amides is 1. The van der Waals surface area contributed by atoms with Crippen molar-refractivity contribution in [2.75, 3.05) is 11.9 Å². The van der Waals surface area contributed by atoms with Crippen molar-refractivity contribution in [2.45, 2.75) is 13.8 Å². The van der Waals surface area contributed by atoms with Crippen LogP contribution in [0.25, 0.3) is 0 Å². The molecule has 0 radical (unpaired) electrons. The first-order valence-electron chi connectivity index (χ1n) is 6.14. The number of benzene rings is 1. The Balaban J connectivity index is 2.08. The highest BCUT2D eigenvalue weighted by Crippen LogP contribution is 2.17.